The number of thioether (sulfide) groups is 1. The second kappa shape index (κ2) is 6.55. The normalized spacial score (nSPS) is 12.4. The van der Waals surface area contributed by atoms with E-state index in [1.54, 1.807) is 24.8 Å². The van der Waals surface area contributed by atoms with E-state index in [9.17, 15) is 4.79 Å². The highest BCUT2D eigenvalue weighted by Gasteiger charge is 2.07. The van der Waals surface area contributed by atoms with E-state index in [-0.39, 0.29) is 5.91 Å². The molecule has 1 rings (SSSR count). The molecule has 0 aromatic carbocycles. The van der Waals surface area contributed by atoms with Gasteiger partial charge in [-0.05, 0) is 6.92 Å². The predicted octanol–water partition coefficient (Wildman–Crippen LogP) is 1.39. The Balaban J connectivity index is 2.21. The average Bonchev–Trinajstić information content (AvgIpc) is 2.63. The molecule has 1 aromatic rings. The molecule has 90 valence electrons. The number of nitrogens with two attached hydrogens (primary N) is 1. The smallest absolute Gasteiger partial charge is 0.226 e. The fraction of sp³-hybridized carbons (Fsp3) is 0.600. The van der Waals surface area contributed by atoms with Crippen molar-refractivity contribution in [3.63, 3.8) is 0 Å². The topological polar surface area (TPSA) is 81.2 Å². The Morgan fingerprint density at radius 1 is 1.75 bits per heavy atom. The zero-order valence-corrected chi connectivity index (χ0v) is 10.3. The van der Waals surface area contributed by atoms with Crippen molar-refractivity contribution in [3.05, 3.63) is 11.8 Å². The maximum atomic E-state index is 11.5. The molecule has 1 amide bonds. The maximum Gasteiger partial charge on any atom is 0.226 e. The van der Waals surface area contributed by atoms with Crippen molar-refractivity contribution in [2.75, 3.05) is 17.6 Å². The average molecular weight is 243 g/mol. The van der Waals surface area contributed by atoms with Gasteiger partial charge in [-0.2, -0.15) is 11.8 Å². The number of amides is 1. The number of carbonyl (C=O) groups excluding carboxylic acids is 1. The molecule has 0 aliphatic carbocycles. The van der Waals surface area contributed by atoms with Crippen LogP contribution >= 0.6 is 11.8 Å². The van der Waals surface area contributed by atoms with Crippen LogP contribution in [0, 0.1) is 6.92 Å². The lowest BCUT2D eigenvalue weighted by atomic mass is 10.4. The summed E-state index contributed by atoms with van der Waals surface area (Å²) in [6.07, 6.45) is 0.459. The van der Waals surface area contributed by atoms with Crippen molar-refractivity contribution in [1.82, 2.24) is 5.16 Å². The van der Waals surface area contributed by atoms with Gasteiger partial charge in [0, 0.05) is 30.0 Å². The summed E-state index contributed by atoms with van der Waals surface area (Å²) in [6, 6.07) is 1.69. The SMILES string of the molecule is Cc1cc(NC(=O)CCSC(C)CN)no1. The zero-order chi connectivity index (χ0) is 12.0. The molecule has 5 nitrogen and oxygen atoms in total. The van der Waals surface area contributed by atoms with E-state index in [0.717, 1.165) is 5.75 Å². The van der Waals surface area contributed by atoms with Crippen LogP contribution in [0.25, 0.3) is 0 Å². The first-order valence-corrected chi connectivity index (χ1v) is 6.21. The summed E-state index contributed by atoms with van der Waals surface area (Å²) >= 11 is 1.69. The van der Waals surface area contributed by atoms with Crippen LogP contribution in [0.1, 0.15) is 19.1 Å². The van der Waals surface area contributed by atoms with Crippen LogP contribution in [0.15, 0.2) is 10.6 Å². The van der Waals surface area contributed by atoms with Crippen molar-refractivity contribution < 1.29 is 9.32 Å². The molecule has 0 aliphatic rings. The Morgan fingerprint density at radius 2 is 2.50 bits per heavy atom. The summed E-state index contributed by atoms with van der Waals surface area (Å²) < 4.78 is 4.84. The number of carbonyl (C=O) groups is 1. The minimum atomic E-state index is -0.0509. The van der Waals surface area contributed by atoms with Crippen LogP contribution in [-0.2, 0) is 4.79 Å². The number of anilines is 1. The molecule has 0 bridgehead atoms. The third kappa shape index (κ3) is 4.67. The second-order valence-electron chi connectivity index (χ2n) is 3.54. The number of hydrogen-bond acceptors (Lipinski definition) is 5. The minimum absolute atomic E-state index is 0.0509. The molecular formula is C10H17N3O2S. The van der Waals surface area contributed by atoms with E-state index in [4.69, 9.17) is 10.3 Å². The lowest BCUT2D eigenvalue weighted by Gasteiger charge is -2.06. The largest absolute Gasteiger partial charge is 0.360 e. The summed E-state index contributed by atoms with van der Waals surface area (Å²) in [5.74, 6) is 1.87. The first-order valence-electron chi connectivity index (χ1n) is 5.16. The molecule has 0 saturated carbocycles. The summed E-state index contributed by atoms with van der Waals surface area (Å²) in [6.45, 7) is 4.46. The lowest BCUT2D eigenvalue weighted by Crippen LogP contribution is -2.16. The molecular weight excluding hydrogens is 226 g/mol. The molecule has 0 spiro atoms. The van der Waals surface area contributed by atoms with E-state index in [0.29, 0.717) is 29.8 Å². The third-order valence-electron chi connectivity index (χ3n) is 1.96. The molecule has 3 N–H and O–H groups in total. The monoisotopic (exact) mass is 243 g/mol. The van der Waals surface area contributed by atoms with Gasteiger partial charge in [-0.3, -0.25) is 4.79 Å². The predicted molar refractivity (Wildman–Crippen MR) is 65.5 cm³/mol. The van der Waals surface area contributed by atoms with E-state index < -0.39 is 0 Å². The minimum Gasteiger partial charge on any atom is -0.360 e. The number of nitrogens with zero attached hydrogens (tertiary/aromatic N) is 1. The molecule has 6 heteroatoms. The highest BCUT2D eigenvalue weighted by molar-refractivity contribution is 7.99. The number of hydrogen-bond donors (Lipinski definition) is 2. The molecule has 16 heavy (non-hydrogen) atoms. The van der Waals surface area contributed by atoms with Gasteiger partial charge in [0.25, 0.3) is 0 Å². The molecule has 0 radical (unpaired) electrons. The molecule has 1 aromatic heterocycles. The van der Waals surface area contributed by atoms with E-state index in [1.165, 1.54) is 0 Å². The standard InChI is InChI=1S/C10H17N3O2S/c1-7-5-9(13-15-7)12-10(14)3-4-16-8(2)6-11/h5,8H,3-4,6,11H2,1-2H3,(H,12,13,14). The van der Waals surface area contributed by atoms with Crippen molar-refractivity contribution in [3.8, 4) is 0 Å². The van der Waals surface area contributed by atoms with Gasteiger partial charge in [0.1, 0.15) is 5.76 Å². The summed E-state index contributed by atoms with van der Waals surface area (Å²) in [5.41, 5.74) is 5.47. The van der Waals surface area contributed by atoms with Crippen molar-refractivity contribution in [2.45, 2.75) is 25.5 Å². The van der Waals surface area contributed by atoms with Gasteiger partial charge in [0.05, 0.1) is 0 Å². The van der Waals surface area contributed by atoms with E-state index in [1.807, 2.05) is 6.92 Å². The van der Waals surface area contributed by atoms with E-state index >= 15 is 0 Å². The first kappa shape index (κ1) is 13.1. The Labute approximate surface area is 99.1 Å². The molecule has 0 fully saturated rings. The van der Waals surface area contributed by atoms with Gasteiger partial charge in [0.15, 0.2) is 5.82 Å². The molecule has 1 heterocycles. The molecule has 1 atom stereocenters. The Kier molecular flexibility index (Phi) is 5.34. The number of rotatable bonds is 6. The van der Waals surface area contributed by atoms with Crippen LogP contribution in [0.4, 0.5) is 5.82 Å². The Hall–Kier alpha value is -1.01. The van der Waals surface area contributed by atoms with Gasteiger partial charge >= 0.3 is 0 Å². The van der Waals surface area contributed by atoms with Crippen LogP contribution < -0.4 is 11.1 Å². The molecule has 0 aliphatic heterocycles. The van der Waals surface area contributed by atoms with Crippen LogP contribution in [0.2, 0.25) is 0 Å². The van der Waals surface area contributed by atoms with Crippen molar-refractivity contribution >= 4 is 23.5 Å². The Morgan fingerprint density at radius 3 is 3.06 bits per heavy atom. The highest BCUT2D eigenvalue weighted by atomic mass is 32.2. The molecule has 1 unspecified atom stereocenters. The number of aryl methyl sites for hydroxylation is 1. The zero-order valence-electron chi connectivity index (χ0n) is 9.53. The van der Waals surface area contributed by atoms with E-state index in [2.05, 4.69) is 10.5 Å². The summed E-state index contributed by atoms with van der Waals surface area (Å²) in [4.78, 5) is 11.5. The van der Waals surface area contributed by atoms with Gasteiger partial charge < -0.3 is 15.6 Å². The quantitative estimate of drug-likeness (QED) is 0.789. The Bertz CT molecular complexity index is 341. The van der Waals surface area contributed by atoms with Crippen molar-refractivity contribution in [2.24, 2.45) is 5.73 Å². The van der Waals surface area contributed by atoms with Gasteiger partial charge in [-0.1, -0.05) is 12.1 Å². The van der Waals surface area contributed by atoms with Crippen LogP contribution in [-0.4, -0.2) is 28.6 Å². The van der Waals surface area contributed by atoms with Gasteiger partial charge in [0.2, 0.25) is 5.91 Å². The van der Waals surface area contributed by atoms with Crippen molar-refractivity contribution in [1.29, 1.82) is 0 Å². The van der Waals surface area contributed by atoms with Gasteiger partial charge in [-0.15, -0.1) is 0 Å². The van der Waals surface area contributed by atoms with Crippen LogP contribution in [0.3, 0.4) is 0 Å². The number of nitrogens with one attached hydrogen (secondary N) is 1. The summed E-state index contributed by atoms with van der Waals surface area (Å²) in [5, 5.41) is 6.74. The fourth-order valence-corrected chi connectivity index (χ4v) is 1.89. The fourth-order valence-electron chi connectivity index (χ4n) is 1.05. The first-order chi connectivity index (χ1) is 7.61. The highest BCUT2D eigenvalue weighted by Crippen LogP contribution is 2.11. The summed E-state index contributed by atoms with van der Waals surface area (Å²) in [7, 11) is 0. The van der Waals surface area contributed by atoms with Crippen LogP contribution in [0.5, 0.6) is 0 Å². The maximum absolute atomic E-state index is 11.5. The number of aromatic nitrogens is 1. The second-order valence-corrected chi connectivity index (χ2v) is 5.08. The molecule has 0 saturated heterocycles. The third-order valence-corrected chi connectivity index (χ3v) is 3.16. The lowest BCUT2D eigenvalue weighted by molar-refractivity contribution is -0.115. The van der Waals surface area contributed by atoms with Gasteiger partial charge in [-0.25, -0.2) is 0 Å².